The molecular formula is C14H25N3S. The van der Waals surface area contributed by atoms with Crippen molar-refractivity contribution < 1.29 is 0 Å². The average Bonchev–Trinajstić information content (AvgIpc) is 2.83. The summed E-state index contributed by atoms with van der Waals surface area (Å²) in [5.41, 5.74) is 6.25. The van der Waals surface area contributed by atoms with E-state index in [1.165, 1.54) is 4.88 Å². The fourth-order valence-electron chi connectivity index (χ4n) is 2.63. The minimum atomic E-state index is 0.285. The first-order valence-electron chi connectivity index (χ1n) is 6.75. The van der Waals surface area contributed by atoms with Gasteiger partial charge in [-0.05, 0) is 32.2 Å². The van der Waals surface area contributed by atoms with E-state index >= 15 is 0 Å². The number of rotatable bonds is 3. The van der Waals surface area contributed by atoms with E-state index in [2.05, 4.69) is 48.1 Å². The van der Waals surface area contributed by atoms with Crippen molar-refractivity contribution in [3.8, 4) is 0 Å². The van der Waals surface area contributed by atoms with Crippen molar-refractivity contribution in [1.82, 2.24) is 9.80 Å². The van der Waals surface area contributed by atoms with Crippen molar-refractivity contribution in [2.24, 2.45) is 5.73 Å². The Hall–Kier alpha value is -0.420. The Labute approximate surface area is 115 Å². The van der Waals surface area contributed by atoms with Gasteiger partial charge in [-0.25, -0.2) is 0 Å². The van der Waals surface area contributed by atoms with E-state index in [0.29, 0.717) is 6.04 Å². The van der Waals surface area contributed by atoms with E-state index in [4.69, 9.17) is 5.73 Å². The number of nitrogens with two attached hydrogens (primary N) is 1. The molecule has 1 aliphatic heterocycles. The Bertz CT molecular complexity index is 348. The van der Waals surface area contributed by atoms with Crippen LogP contribution in [0.5, 0.6) is 0 Å². The van der Waals surface area contributed by atoms with Gasteiger partial charge < -0.3 is 5.73 Å². The minimum Gasteiger partial charge on any atom is -0.329 e. The summed E-state index contributed by atoms with van der Waals surface area (Å²) in [6, 6.07) is 4.74. The SMILES string of the molecule is CC(C)(C)N1CCN(C(CN)c2cccs2)CC1. The molecule has 1 saturated heterocycles. The lowest BCUT2D eigenvalue weighted by Gasteiger charge is -2.44. The Balaban J connectivity index is 1.96. The zero-order valence-corrected chi connectivity index (χ0v) is 12.5. The van der Waals surface area contributed by atoms with Gasteiger partial charge in [-0.2, -0.15) is 0 Å². The van der Waals surface area contributed by atoms with Crippen LogP contribution in [0.2, 0.25) is 0 Å². The summed E-state index contributed by atoms with van der Waals surface area (Å²) < 4.78 is 0. The van der Waals surface area contributed by atoms with Crippen LogP contribution >= 0.6 is 11.3 Å². The molecular weight excluding hydrogens is 242 g/mol. The van der Waals surface area contributed by atoms with Gasteiger partial charge in [0.1, 0.15) is 0 Å². The Morgan fingerprint density at radius 3 is 2.39 bits per heavy atom. The molecule has 1 aromatic heterocycles. The predicted molar refractivity (Wildman–Crippen MR) is 79.0 cm³/mol. The van der Waals surface area contributed by atoms with Gasteiger partial charge in [0.05, 0.1) is 6.04 Å². The van der Waals surface area contributed by atoms with Crippen molar-refractivity contribution in [2.45, 2.75) is 32.4 Å². The lowest BCUT2D eigenvalue weighted by molar-refractivity contribution is 0.0440. The van der Waals surface area contributed by atoms with Gasteiger partial charge in [0.2, 0.25) is 0 Å². The highest BCUT2D eigenvalue weighted by Gasteiger charge is 2.29. The molecule has 1 unspecified atom stereocenters. The zero-order chi connectivity index (χ0) is 13.2. The maximum atomic E-state index is 5.97. The van der Waals surface area contributed by atoms with Crippen molar-refractivity contribution in [3.05, 3.63) is 22.4 Å². The van der Waals surface area contributed by atoms with Gasteiger partial charge in [-0.1, -0.05) is 6.07 Å². The molecule has 2 rings (SSSR count). The molecule has 3 nitrogen and oxygen atoms in total. The Morgan fingerprint density at radius 2 is 1.94 bits per heavy atom. The number of hydrogen-bond donors (Lipinski definition) is 1. The maximum absolute atomic E-state index is 5.97. The van der Waals surface area contributed by atoms with Gasteiger partial charge in [-0.3, -0.25) is 9.80 Å². The standard InChI is InChI=1S/C14H25N3S/c1-14(2,3)17-8-6-16(7-9-17)12(11-15)13-5-4-10-18-13/h4-5,10,12H,6-9,11,15H2,1-3H3. The van der Waals surface area contributed by atoms with Crippen LogP contribution < -0.4 is 5.73 Å². The molecule has 1 fully saturated rings. The highest BCUT2D eigenvalue weighted by Crippen LogP contribution is 2.26. The third-order valence-electron chi connectivity index (χ3n) is 3.80. The van der Waals surface area contributed by atoms with Gasteiger partial charge in [-0.15, -0.1) is 11.3 Å². The van der Waals surface area contributed by atoms with E-state index in [-0.39, 0.29) is 5.54 Å². The van der Waals surface area contributed by atoms with Gasteiger partial charge >= 0.3 is 0 Å². The predicted octanol–water partition coefficient (Wildman–Crippen LogP) is 2.16. The molecule has 1 aromatic rings. The van der Waals surface area contributed by atoms with Crippen molar-refractivity contribution in [1.29, 1.82) is 0 Å². The van der Waals surface area contributed by atoms with Crippen molar-refractivity contribution in [3.63, 3.8) is 0 Å². The van der Waals surface area contributed by atoms with Crippen LogP contribution in [-0.4, -0.2) is 48.1 Å². The number of piperazine rings is 1. The number of hydrogen-bond acceptors (Lipinski definition) is 4. The summed E-state index contributed by atoms with van der Waals surface area (Å²) in [4.78, 5) is 6.50. The third-order valence-corrected chi connectivity index (χ3v) is 4.77. The number of thiophene rings is 1. The Kier molecular flexibility index (Phi) is 4.43. The first-order valence-corrected chi connectivity index (χ1v) is 7.63. The third kappa shape index (κ3) is 3.12. The van der Waals surface area contributed by atoms with Crippen LogP contribution in [-0.2, 0) is 0 Å². The molecule has 1 aliphatic rings. The highest BCUT2D eigenvalue weighted by molar-refractivity contribution is 7.10. The molecule has 0 spiro atoms. The van der Waals surface area contributed by atoms with Crippen LogP contribution in [0.4, 0.5) is 0 Å². The summed E-state index contributed by atoms with van der Waals surface area (Å²) in [6.07, 6.45) is 0. The molecule has 0 saturated carbocycles. The summed E-state index contributed by atoms with van der Waals surface area (Å²) in [6.45, 7) is 12.1. The molecule has 2 heterocycles. The largest absolute Gasteiger partial charge is 0.329 e. The van der Waals surface area contributed by atoms with Crippen molar-refractivity contribution in [2.75, 3.05) is 32.7 Å². The first-order chi connectivity index (χ1) is 8.52. The van der Waals surface area contributed by atoms with E-state index in [9.17, 15) is 0 Å². The molecule has 2 N–H and O–H groups in total. The number of nitrogens with zero attached hydrogens (tertiary/aromatic N) is 2. The normalized spacial score (nSPS) is 21.1. The molecule has 1 atom stereocenters. The van der Waals surface area contributed by atoms with Crippen LogP contribution in [0.15, 0.2) is 17.5 Å². The fraction of sp³-hybridized carbons (Fsp3) is 0.714. The second-order valence-electron chi connectivity index (χ2n) is 5.96. The second kappa shape index (κ2) is 5.70. The summed E-state index contributed by atoms with van der Waals surface area (Å²) in [5, 5.41) is 2.14. The Morgan fingerprint density at radius 1 is 1.28 bits per heavy atom. The fourth-order valence-corrected chi connectivity index (χ4v) is 3.50. The maximum Gasteiger partial charge on any atom is 0.0565 e. The van der Waals surface area contributed by atoms with Crippen molar-refractivity contribution >= 4 is 11.3 Å². The lowest BCUT2D eigenvalue weighted by atomic mass is 10.0. The molecule has 0 radical (unpaired) electrons. The van der Waals surface area contributed by atoms with E-state index in [1.807, 2.05) is 11.3 Å². The van der Waals surface area contributed by atoms with Gasteiger partial charge in [0.25, 0.3) is 0 Å². The van der Waals surface area contributed by atoms with Crippen LogP contribution in [0.1, 0.15) is 31.7 Å². The van der Waals surface area contributed by atoms with E-state index < -0.39 is 0 Å². The van der Waals surface area contributed by atoms with Crippen LogP contribution in [0.25, 0.3) is 0 Å². The lowest BCUT2D eigenvalue weighted by Crippen LogP contribution is -2.54. The van der Waals surface area contributed by atoms with Gasteiger partial charge in [0.15, 0.2) is 0 Å². The smallest absolute Gasteiger partial charge is 0.0565 e. The molecule has 0 amide bonds. The van der Waals surface area contributed by atoms with Gasteiger partial charge in [0, 0.05) is 43.1 Å². The summed E-state index contributed by atoms with van der Waals surface area (Å²) in [5.74, 6) is 0. The minimum absolute atomic E-state index is 0.285. The van der Waals surface area contributed by atoms with E-state index in [1.54, 1.807) is 0 Å². The quantitative estimate of drug-likeness (QED) is 0.911. The highest BCUT2D eigenvalue weighted by atomic mass is 32.1. The molecule has 4 heteroatoms. The topological polar surface area (TPSA) is 32.5 Å². The monoisotopic (exact) mass is 267 g/mol. The molecule has 102 valence electrons. The van der Waals surface area contributed by atoms with Crippen LogP contribution in [0, 0.1) is 0 Å². The molecule has 0 bridgehead atoms. The summed E-state index contributed by atoms with van der Waals surface area (Å²) >= 11 is 1.82. The molecule has 0 aromatic carbocycles. The first kappa shape index (κ1) is 14.0. The molecule has 0 aliphatic carbocycles. The zero-order valence-electron chi connectivity index (χ0n) is 11.7. The van der Waals surface area contributed by atoms with Crippen LogP contribution in [0.3, 0.4) is 0 Å². The average molecular weight is 267 g/mol. The van der Waals surface area contributed by atoms with E-state index in [0.717, 1.165) is 32.7 Å². The summed E-state index contributed by atoms with van der Waals surface area (Å²) in [7, 11) is 0. The molecule has 18 heavy (non-hydrogen) atoms. The second-order valence-corrected chi connectivity index (χ2v) is 6.94.